The second kappa shape index (κ2) is 8.78. The molecule has 11 heteroatoms. The Labute approximate surface area is 161 Å². The van der Waals surface area contributed by atoms with E-state index in [1.54, 1.807) is 20.8 Å². The molecule has 1 saturated heterocycles. The molecule has 1 aliphatic heterocycles. The van der Waals surface area contributed by atoms with Crippen molar-refractivity contribution in [1.82, 2.24) is 9.55 Å². The van der Waals surface area contributed by atoms with Crippen LogP contribution in [0.4, 0.5) is 5.82 Å². The molecule has 0 saturated carbocycles. The van der Waals surface area contributed by atoms with Gasteiger partial charge in [-0.05, 0) is 26.8 Å². The van der Waals surface area contributed by atoms with Crippen LogP contribution in [-0.2, 0) is 23.8 Å². The summed E-state index contributed by atoms with van der Waals surface area (Å²) in [6.07, 6.45) is -3.18. The summed E-state index contributed by atoms with van der Waals surface area (Å²) in [5.41, 5.74) is -1.50. The van der Waals surface area contributed by atoms with Gasteiger partial charge in [-0.15, -0.1) is 0 Å². The Bertz CT molecular complexity index is 772. The molecule has 2 rings (SSSR count). The molecule has 0 aliphatic carbocycles. The SMILES string of the molecule is CC(=O)Nc1ccn([C@@H]2O[C@H](CO)C(O)[C@@H]2OCOC(=O)C(C)(C)C)c(=O)n1. The Morgan fingerprint density at radius 3 is 2.61 bits per heavy atom. The van der Waals surface area contributed by atoms with Crippen LogP contribution < -0.4 is 11.0 Å². The van der Waals surface area contributed by atoms with Crippen LogP contribution in [0, 0.1) is 5.41 Å². The van der Waals surface area contributed by atoms with Crippen molar-refractivity contribution in [1.29, 1.82) is 0 Å². The Balaban J connectivity index is 2.17. The summed E-state index contributed by atoms with van der Waals surface area (Å²) in [4.78, 5) is 38.9. The molecule has 0 radical (unpaired) electrons. The molecule has 0 bridgehead atoms. The van der Waals surface area contributed by atoms with Gasteiger partial charge in [-0.1, -0.05) is 0 Å². The smallest absolute Gasteiger partial charge is 0.351 e. The van der Waals surface area contributed by atoms with Crippen LogP contribution in [0.1, 0.15) is 33.9 Å². The lowest BCUT2D eigenvalue weighted by atomic mass is 9.98. The standard InChI is InChI=1S/C17H25N3O8/c1-9(22)18-11-5-6-20(16(25)19-11)14-13(12(23)10(7-21)28-14)26-8-27-15(24)17(2,3)4/h5-6,10,12-14,21,23H,7-8H2,1-4H3,(H,18,19,22,25)/t10-,12?,13+,14-/m1/s1. The van der Waals surface area contributed by atoms with Crippen molar-refractivity contribution in [3.05, 3.63) is 22.7 Å². The monoisotopic (exact) mass is 399 g/mol. The topological polar surface area (TPSA) is 149 Å². The van der Waals surface area contributed by atoms with Crippen LogP contribution >= 0.6 is 0 Å². The highest BCUT2D eigenvalue weighted by Gasteiger charge is 2.46. The minimum absolute atomic E-state index is 0.0579. The fourth-order valence-corrected chi connectivity index (χ4v) is 2.51. The van der Waals surface area contributed by atoms with Crippen molar-refractivity contribution in [3.8, 4) is 0 Å². The van der Waals surface area contributed by atoms with E-state index < -0.39 is 55.0 Å². The summed E-state index contributed by atoms with van der Waals surface area (Å²) in [7, 11) is 0. The van der Waals surface area contributed by atoms with Gasteiger partial charge in [0, 0.05) is 13.1 Å². The number of rotatable bonds is 6. The Morgan fingerprint density at radius 2 is 2.07 bits per heavy atom. The number of anilines is 1. The number of aliphatic hydroxyl groups is 2. The quantitative estimate of drug-likeness (QED) is 0.420. The first kappa shape index (κ1) is 22.0. The van der Waals surface area contributed by atoms with Gasteiger partial charge in [0.25, 0.3) is 0 Å². The van der Waals surface area contributed by atoms with E-state index >= 15 is 0 Å². The van der Waals surface area contributed by atoms with Crippen molar-refractivity contribution in [2.24, 2.45) is 5.41 Å². The number of esters is 1. The van der Waals surface area contributed by atoms with E-state index in [1.807, 2.05) is 0 Å². The number of carbonyl (C=O) groups is 2. The van der Waals surface area contributed by atoms with Crippen molar-refractivity contribution < 1.29 is 34.0 Å². The highest BCUT2D eigenvalue weighted by molar-refractivity contribution is 5.87. The minimum atomic E-state index is -1.27. The molecular weight excluding hydrogens is 374 g/mol. The lowest BCUT2D eigenvalue weighted by Crippen LogP contribution is -2.39. The fourth-order valence-electron chi connectivity index (χ4n) is 2.51. The Hall–Kier alpha value is -2.34. The van der Waals surface area contributed by atoms with Gasteiger partial charge in [0.15, 0.2) is 13.0 Å². The highest BCUT2D eigenvalue weighted by Crippen LogP contribution is 2.31. The molecule has 0 aromatic carbocycles. The van der Waals surface area contributed by atoms with Gasteiger partial charge >= 0.3 is 11.7 Å². The third kappa shape index (κ3) is 5.13. The summed E-state index contributed by atoms with van der Waals surface area (Å²) in [6, 6.07) is 1.38. The molecule has 1 unspecified atom stereocenters. The summed E-state index contributed by atoms with van der Waals surface area (Å²) in [5.74, 6) is -0.836. The predicted octanol–water partition coefficient (Wildman–Crippen LogP) is -0.616. The van der Waals surface area contributed by atoms with Gasteiger partial charge in [0.05, 0.1) is 12.0 Å². The first-order chi connectivity index (χ1) is 13.0. The molecule has 2 heterocycles. The Kier molecular flexibility index (Phi) is 6.88. The number of carbonyl (C=O) groups excluding carboxylic acids is 2. The summed E-state index contributed by atoms with van der Waals surface area (Å²) >= 11 is 0. The number of hydrogen-bond donors (Lipinski definition) is 3. The molecule has 1 fully saturated rings. The number of ether oxygens (including phenoxy) is 3. The Morgan fingerprint density at radius 1 is 1.39 bits per heavy atom. The zero-order valence-corrected chi connectivity index (χ0v) is 16.1. The molecule has 1 aromatic rings. The molecule has 3 N–H and O–H groups in total. The van der Waals surface area contributed by atoms with Gasteiger partial charge in [-0.25, -0.2) is 4.79 Å². The van der Waals surface area contributed by atoms with Crippen LogP contribution in [0.3, 0.4) is 0 Å². The second-order valence-electron chi connectivity index (χ2n) is 7.35. The zero-order valence-electron chi connectivity index (χ0n) is 16.1. The number of nitrogens with one attached hydrogen (secondary N) is 1. The lowest BCUT2D eigenvalue weighted by Gasteiger charge is -2.23. The van der Waals surface area contributed by atoms with E-state index in [0.717, 1.165) is 4.57 Å². The van der Waals surface area contributed by atoms with E-state index in [4.69, 9.17) is 14.2 Å². The normalized spacial score (nSPS) is 24.8. The van der Waals surface area contributed by atoms with Crippen LogP contribution in [-0.4, -0.2) is 63.4 Å². The number of aromatic nitrogens is 2. The number of hydrogen-bond acceptors (Lipinski definition) is 9. The van der Waals surface area contributed by atoms with Gasteiger partial charge in [-0.3, -0.25) is 14.2 Å². The zero-order chi connectivity index (χ0) is 21.1. The van der Waals surface area contributed by atoms with Crippen molar-refractivity contribution in [2.45, 2.75) is 52.2 Å². The van der Waals surface area contributed by atoms with E-state index in [2.05, 4.69) is 10.3 Å². The first-order valence-electron chi connectivity index (χ1n) is 8.64. The van der Waals surface area contributed by atoms with E-state index in [9.17, 15) is 24.6 Å². The predicted molar refractivity (Wildman–Crippen MR) is 95.1 cm³/mol. The van der Waals surface area contributed by atoms with Crippen molar-refractivity contribution >= 4 is 17.7 Å². The average Bonchev–Trinajstić information content (AvgIpc) is 2.89. The molecule has 4 atom stereocenters. The van der Waals surface area contributed by atoms with Gasteiger partial charge in [0.2, 0.25) is 5.91 Å². The number of aliphatic hydroxyl groups excluding tert-OH is 2. The average molecular weight is 399 g/mol. The fraction of sp³-hybridized carbons (Fsp3) is 0.647. The van der Waals surface area contributed by atoms with Crippen LogP contribution in [0.2, 0.25) is 0 Å². The summed E-state index contributed by atoms with van der Waals surface area (Å²) < 4.78 is 17.0. The largest absolute Gasteiger partial charge is 0.438 e. The van der Waals surface area contributed by atoms with Crippen LogP contribution in [0.25, 0.3) is 0 Å². The van der Waals surface area contributed by atoms with Crippen LogP contribution in [0.15, 0.2) is 17.1 Å². The molecule has 1 amide bonds. The number of nitrogens with zero attached hydrogens (tertiary/aromatic N) is 2. The molecular formula is C17H25N3O8. The van der Waals surface area contributed by atoms with E-state index in [1.165, 1.54) is 19.2 Å². The third-order valence-electron chi connectivity index (χ3n) is 3.96. The highest BCUT2D eigenvalue weighted by atomic mass is 16.7. The van der Waals surface area contributed by atoms with Crippen LogP contribution in [0.5, 0.6) is 0 Å². The maximum Gasteiger partial charge on any atom is 0.351 e. The second-order valence-corrected chi connectivity index (χ2v) is 7.35. The minimum Gasteiger partial charge on any atom is -0.438 e. The van der Waals surface area contributed by atoms with E-state index in [-0.39, 0.29) is 11.7 Å². The van der Waals surface area contributed by atoms with Crippen molar-refractivity contribution in [3.63, 3.8) is 0 Å². The van der Waals surface area contributed by atoms with E-state index in [0.29, 0.717) is 0 Å². The molecule has 0 spiro atoms. The van der Waals surface area contributed by atoms with Gasteiger partial charge in [0.1, 0.15) is 24.1 Å². The third-order valence-corrected chi connectivity index (χ3v) is 3.96. The maximum absolute atomic E-state index is 12.3. The first-order valence-corrected chi connectivity index (χ1v) is 8.64. The summed E-state index contributed by atoms with van der Waals surface area (Å²) in [6.45, 7) is 5.33. The number of amides is 1. The van der Waals surface area contributed by atoms with Crippen molar-refractivity contribution in [2.75, 3.05) is 18.7 Å². The van der Waals surface area contributed by atoms with Gasteiger partial charge < -0.3 is 29.7 Å². The van der Waals surface area contributed by atoms with Gasteiger partial charge in [-0.2, -0.15) is 4.98 Å². The lowest BCUT2D eigenvalue weighted by molar-refractivity contribution is -0.179. The molecule has 11 nitrogen and oxygen atoms in total. The summed E-state index contributed by atoms with van der Waals surface area (Å²) in [5, 5.41) is 22.1. The maximum atomic E-state index is 12.3. The molecule has 156 valence electrons. The molecule has 1 aliphatic rings. The molecule has 1 aromatic heterocycles. The molecule has 28 heavy (non-hydrogen) atoms.